The zero-order valence-electron chi connectivity index (χ0n) is 20.2. The summed E-state index contributed by atoms with van der Waals surface area (Å²) in [4.78, 5) is 25.7. The third-order valence-electron chi connectivity index (χ3n) is 5.22. The summed E-state index contributed by atoms with van der Waals surface area (Å²) in [5.41, 5.74) is 4.04. The van der Waals surface area contributed by atoms with Gasteiger partial charge in [0.15, 0.2) is 0 Å². The zero-order valence-corrected chi connectivity index (χ0v) is 20.2. The predicted octanol–water partition coefficient (Wildman–Crippen LogP) is 4.04. The van der Waals surface area contributed by atoms with Gasteiger partial charge in [0.2, 0.25) is 5.88 Å². The maximum Gasteiger partial charge on any atom is 0.254 e. The summed E-state index contributed by atoms with van der Waals surface area (Å²) in [6.45, 7) is 9.80. The average molecular weight is 483 g/mol. The highest BCUT2D eigenvalue weighted by molar-refractivity contribution is 6.04. The van der Waals surface area contributed by atoms with Gasteiger partial charge in [-0.15, -0.1) is 5.17 Å². The molecule has 0 spiro atoms. The van der Waals surface area contributed by atoms with Gasteiger partial charge in [-0.25, -0.2) is 14.4 Å². The topological polar surface area (TPSA) is 112 Å². The van der Waals surface area contributed by atoms with E-state index in [4.69, 9.17) is 4.74 Å². The molecule has 1 aromatic carbocycles. The number of aliphatic imine (C=N–C) groups is 1. The van der Waals surface area contributed by atoms with Crippen LogP contribution in [0.4, 0.5) is 4.39 Å². The van der Waals surface area contributed by atoms with Crippen LogP contribution >= 0.6 is 0 Å². The van der Waals surface area contributed by atoms with Gasteiger partial charge in [0.05, 0.1) is 48.1 Å². The lowest BCUT2D eigenvalue weighted by Gasteiger charge is -2.20. The molecule has 1 amide bonds. The van der Waals surface area contributed by atoms with Crippen molar-refractivity contribution in [3.8, 4) is 17.1 Å². The normalized spacial score (nSPS) is 14.7. The summed E-state index contributed by atoms with van der Waals surface area (Å²) in [5, 5.41) is 13.7. The Morgan fingerprint density at radius 1 is 1.40 bits per heavy atom. The van der Waals surface area contributed by atoms with Crippen LogP contribution in [-0.4, -0.2) is 50.7 Å². The van der Waals surface area contributed by atoms with Gasteiger partial charge >= 0.3 is 0 Å². The monoisotopic (exact) mass is 482 g/mol. The number of hydrazine groups is 1. The molecule has 0 saturated heterocycles. The quantitative estimate of drug-likeness (QED) is 0.309. The van der Waals surface area contributed by atoms with E-state index >= 15 is 0 Å². The number of carbonyl (C=O) groups is 1. The van der Waals surface area contributed by atoms with E-state index in [9.17, 15) is 14.4 Å². The van der Waals surface area contributed by atoms with Crippen molar-refractivity contribution in [3.63, 3.8) is 0 Å². The minimum absolute atomic E-state index is 0.0485. The van der Waals surface area contributed by atoms with E-state index in [1.807, 2.05) is 20.8 Å². The van der Waals surface area contributed by atoms with Crippen LogP contribution in [0.1, 0.15) is 50.4 Å². The van der Waals surface area contributed by atoms with Crippen molar-refractivity contribution in [1.29, 1.82) is 0 Å². The van der Waals surface area contributed by atoms with Crippen molar-refractivity contribution in [2.45, 2.75) is 52.1 Å². The fraction of sp³-hybridized carbons (Fsp3) is 0.360. The van der Waals surface area contributed by atoms with E-state index in [1.165, 1.54) is 24.5 Å². The highest BCUT2D eigenvalue weighted by atomic mass is 19.1. The molecule has 1 saturated carbocycles. The summed E-state index contributed by atoms with van der Waals surface area (Å²) in [6.07, 6.45) is 8.80. The molecular formula is C25H31FN6O3. The Balaban J connectivity index is 1.75. The van der Waals surface area contributed by atoms with Crippen molar-refractivity contribution in [2.24, 2.45) is 4.99 Å². The molecule has 10 heteroatoms. The van der Waals surface area contributed by atoms with Gasteiger partial charge in [-0.2, -0.15) is 0 Å². The number of carbonyl (C=O) groups excluding carboxylic acids is 1. The molecule has 35 heavy (non-hydrogen) atoms. The Kier molecular flexibility index (Phi) is 9.04. The fourth-order valence-corrected chi connectivity index (χ4v) is 3.31. The lowest BCUT2D eigenvalue weighted by Crippen LogP contribution is -2.41. The van der Waals surface area contributed by atoms with Crippen LogP contribution in [0.3, 0.4) is 0 Å². The first-order chi connectivity index (χ1) is 16.9. The molecule has 2 aromatic rings. The highest BCUT2D eigenvalue weighted by Crippen LogP contribution is 2.24. The molecule has 9 nitrogen and oxygen atoms in total. The molecular weight excluding hydrogens is 451 g/mol. The maximum atomic E-state index is 14.9. The number of ether oxygens (including phenoxy) is 1. The number of nitrogens with zero attached hydrogens (tertiary/aromatic N) is 4. The summed E-state index contributed by atoms with van der Waals surface area (Å²) in [6, 6.07) is 3.81. The van der Waals surface area contributed by atoms with Crippen LogP contribution in [0.2, 0.25) is 0 Å². The fourth-order valence-electron chi connectivity index (χ4n) is 3.31. The van der Waals surface area contributed by atoms with Crippen molar-refractivity contribution < 1.29 is 19.1 Å². The molecule has 0 bridgehead atoms. The van der Waals surface area contributed by atoms with Crippen molar-refractivity contribution in [1.82, 2.24) is 25.9 Å². The summed E-state index contributed by atoms with van der Waals surface area (Å²) >= 11 is 0. The summed E-state index contributed by atoms with van der Waals surface area (Å²) in [5.74, 6) is -0.695. The molecule has 1 unspecified atom stereocenters. The molecule has 1 atom stereocenters. The second-order valence-electron chi connectivity index (χ2n) is 7.98. The Morgan fingerprint density at radius 2 is 2.17 bits per heavy atom. The van der Waals surface area contributed by atoms with Gasteiger partial charge in [-0.1, -0.05) is 25.6 Å². The molecule has 3 rings (SSSR count). The van der Waals surface area contributed by atoms with Crippen molar-refractivity contribution in [3.05, 3.63) is 66.5 Å². The molecule has 1 aromatic heterocycles. The van der Waals surface area contributed by atoms with Crippen LogP contribution < -0.4 is 15.5 Å². The Bertz CT molecular complexity index is 1120. The van der Waals surface area contributed by atoms with E-state index < -0.39 is 17.8 Å². The number of hydrogen-bond donors (Lipinski definition) is 3. The van der Waals surface area contributed by atoms with Crippen molar-refractivity contribution in [2.75, 3.05) is 6.61 Å². The molecule has 1 fully saturated rings. The van der Waals surface area contributed by atoms with E-state index in [1.54, 1.807) is 18.2 Å². The zero-order chi connectivity index (χ0) is 25.4. The lowest BCUT2D eigenvalue weighted by atomic mass is 10.1. The molecule has 0 aliphatic heterocycles. The van der Waals surface area contributed by atoms with Gasteiger partial charge < -0.3 is 10.1 Å². The molecule has 1 aliphatic carbocycles. The SMILES string of the molecule is C=C(/N=C(\C=C/C)C(CC)NC(=O)c1ccc(-c2cncc(OCC)n2)cc1F)NN(O)C1CC1. The number of aromatic nitrogens is 2. The number of nitrogens with one attached hydrogen (secondary N) is 2. The third kappa shape index (κ3) is 7.17. The molecule has 0 radical (unpaired) electrons. The second-order valence-corrected chi connectivity index (χ2v) is 7.98. The number of hydrogen-bond acceptors (Lipinski definition) is 8. The Morgan fingerprint density at radius 3 is 2.80 bits per heavy atom. The second kappa shape index (κ2) is 12.2. The number of hydroxylamine groups is 1. The van der Waals surface area contributed by atoms with Crippen LogP contribution in [0.25, 0.3) is 11.3 Å². The van der Waals surface area contributed by atoms with Crippen LogP contribution in [0.15, 0.2) is 60.1 Å². The minimum Gasteiger partial charge on any atom is -0.477 e. The number of allylic oxidation sites excluding steroid dienone is 1. The van der Waals surface area contributed by atoms with E-state index in [2.05, 4.69) is 32.3 Å². The standard InChI is InChI=1S/C25H31FN6O3/c1-5-8-22(28-16(4)31-32(34)18-10-11-18)21(6-2)30-25(33)19-12-9-17(13-20(19)26)23-14-27-15-24(29-23)35-7-3/h5,8-9,12-15,18,21,31,34H,4,6-7,10-11H2,1-3H3,(H,30,33)/b8-5-,28-22+. The largest absolute Gasteiger partial charge is 0.477 e. The number of benzene rings is 1. The summed E-state index contributed by atoms with van der Waals surface area (Å²) < 4.78 is 20.3. The van der Waals surface area contributed by atoms with E-state index in [0.717, 1.165) is 18.0 Å². The van der Waals surface area contributed by atoms with Crippen molar-refractivity contribution >= 4 is 11.6 Å². The summed E-state index contributed by atoms with van der Waals surface area (Å²) in [7, 11) is 0. The van der Waals surface area contributed by atoms with Gasteiger partial charge in [0.25, 0.3) is 5.91 Å². The number of halogens is 1. The first-order valence-electron chi connectivity index (χ1n) is 11.6. The third-order valence-corrected chi connectivity index (χ3v) is 5.22. The first-order valence-corrected chi connectivity index (χ1v) is 11.6. The highest BCUT2D eigenvalue weighted by Gasteiger charge is 2.28. The number of amides is 1. The van der Waals surface area contributed by atoms with E-state index in [0.29, 0.717) is 35.9 Å². The van der Waals surface area contributed by atoms with Gasteiger partial charge in [-0.3, -0.25) is 20.4 Å². The predicted molar refractivity (Wildman–Crippen MR) is 131 cm³/mol. The lowest BCUT2D eigenvalue weighted by molar-refractivity contribution is -0.136. The minimum atomic E-state index is -0.686. The average Bonchev–Trinajstić information content (AvgIpc) is 3.68. The molecule has 3 N–H and O–H groups in total. The molecule has 1 heterocycles. The van der Waals surface area contributed by atoms with Gasteiger partial charge in [-0.05, 0) is 51.3 Å². The Labute approximate surface area is 204 Å². The number of rotatable bonds is 12. The smallest absolute Gasteiger partial charge is 0.254 e. The van der Waals surface area contributed by atoms with Gasteiger partial charge in [0, 0.05) is 5.56 Å². The molecule has 186 valence electrons. The van der Waals surface area contributed by atoms with Crippen LogP contribution in [0, 0.1) is 5.82 Å². The maximum absolute atomic E-state index is 14.9. The molecule has 1 aliphatic rings. The van der Waals surface area contributed by atoms with Gasteiger partial charge in [0.1, 0.15) is 11.6 Å². The Hall–Kier alpha value is -3.63. The first kappa shape index (κ1) is 26.0. The van der Waals surface area contributed by atoms with Crippen LogP contribution in [-0.2, 0) is 0 Å². The van der Waals surface area contributed by atoms with Crippen LogP contribution in [0.5, 0.6) is 5.88 Å². The van der Waals surface area contributed by atoms with E-state index in [-0.39, 0.29) is 17.4 Å².